The van der Waals surface area contributed by atoms with E-state index in [1.807, 2.05) is 0 Å². The lowest BCUT2D eigenvalue weighted by atomic mass is 10.0. The summed E-state index contributed by atoms with van der Waals surface area (Å²) in [6.07, 6.45) is 0. The Morgan fingerprint density at radius 2 is 1.41 bits per heavy atom. The van der Waals surface area contributed by atoms with E-state index in [9.17, 15) is 0 Å². The number of fused-ring (bicyclic) bond motifs is 6. The number of rotatable bonds is 0. The van der Waals surface area contributed by atoms with E-state index >= 15 is 0 Å². The molecular formula is C20H11BrO. The number of hydrogen-bond acceptors (Lipinski definition) is 1. The third-order valence-electron chi connectivity index (χ3n) is 4.31. The molecule has 104 valence electrons. The smallest absolute Gasteiger partial charge is 0.150 e. The van der Waals surface area contributed by atoms with Crippen molar-refractivity contribution in [2.75, 3.05) is 0 Å². The molecular weight excluding hydrogens is 336 g/mol. The second-order valence-corrected chi connectivity index (χ2v) is 6.34. The summed E-state index contributed by atoms with van der Waals surface area (Å²) < 4.78 is 7.18. The molecule has 5 aromatic rings. The van der Waals surface area contributed by atoms with Gasteiger partial charge in [-0.1, -0.05) is 54.6 Å². The molecule has 1 heterocycles. The molecule has 0 saturated heterocycles. The Morgan fingerprint density at radius 1 is 0.682 bits per heavy atom. The Bertz CT molecular complexity index is 1180. The van der Waals surface area contributed by atoms with Crippen LogP contribution in [0.1, 0.15) is 0 Å². The first-order valence-corrected chi connectivity index (χ1v) is 8.03. The zero-order valence-corrected chi connectivity index (χ0v) is 13.2. The summed E-state index contributed by atoms with van der Waals surface area (Å²) in [6.45, 7) is 0. The molecule has 0 N–H and O–H groups in total. The van der Waals surface area contributed by atoms with Gasteiger partial charge in [-0.3, -0.25) is 0 Å². The molecule has 4 aromatic carbocycles. The van der Waals surface area contributed by atoms with Gasteiger partial charge in [0, 0.05) is 10.8 Å². The minimum absolute atomic E-state index is 0.921. The number of hydrogen-bond donors (Lipinski definition) is 0. The van der Waals surface area contributed by atoms with Gasteiger partial charge in [-0.2, -0.15) is 0 Å². The van der Waals surface area contributed by atoms with Crippen molar-refractivity contribution in [1.82, 2.24) is 0 Å². The second-order valence-electron chi connectivity index (χ2n) is 5.55. The van der Waals surface area contributed by atoms with Gasteiger partial charge in [0.1, 0.15) is 11.2 Å². The highest BCUT2D eigenvalue weighted by Crippen LogP contribution is 2.40. The molecule has 0 aliphatic carbocycles. The lowest BCUT2D eigenvalue weighted by molar-refractivity contribution is 0.668. The van der Waals surface area contributed by atoms with Crippen LogP contribution in [0, 0.1) is 0 Å². The van der Waals surface area contributed by atoms with E-state index in [0.717, 1.165) is 21.0 Å². The molecule has 0 fully saturated rings. The highest BCUT2D eigenvalue weighted by atomic mass is 79.9. The number of halogens is 1. The van der Waals surface area contributed by atoms with Crippen LogP contribution in [0.4, 0.5) is 0 Å². The topological polar surface area (TPSA) is 13.1 Å². The summed E-state index contributed by atoms with van der Waals surface area (Å²) in [6, 6.07) is 23.2. The Kier molecular flexibility index (Phi) is 2.42. The van der Waals surface area contributed by atoms with E-state index in [0.29, 0.717) is 0 Å². The van der Waals surface area contributed by atoms with Crippen molar-refractivity contribution in [1.29, 1.82) is 0 Å². The molecule has 0 amide bonds. The predicted octanol–water partition coefficient (Wildman–Crippen LogP) is 6.65. The molecule has 0 radical (unpaired) electrons. The summed E-state index contributed by atoms with van der Waals surface area (Å²) in [5, 5.41) is 7.23. The molecule has 1 nitrogen and oxygen atoms in total. The third-order valence-corrected chi connectivity index (χ3v) is 5.10. The SMILES string of the molecule is Brc1c2ccccc2cc2c1oc1ccc3ccccc3c12. The quantitative estimate of drug-likeness (QED) is 0.305. The van der Waals surface area contributed by atoms with Crippen molar-refractivity contribution in [2.45, 2.75) is 0 Å². The predicted molar refractivity (Wildman–Crippen MR) is 96.4 cm³/mol. The zero-order chi connectivity index (χ0) is 14.7. The molecule has 5 rings (SSSR count). The first-order valence-electron chi connectivity index (χ1n) is 7.24. The van der Waals surface area contributed by atoms with Crippen LogP contribution in [0.15, 0.2) is 75.6 Å². The minimum Gasteiger partial charge on any atom is -0.455 e. The highest BCUT2D eigenvalue weighted by molar-refractivity contribution is 9.10. The highest BCUT2D eigenvalue weighted by Gasteiger charge is 2.14. The van der Waals surface area contributed by atoms with Crippen LogP contribution in [0.2, 0.25) is 0 Å². The van der Waals surface area contributed by atoms with Crippen LogP contribution in [-0.2, 0) is 0 Å². The molecule has 1 aromatic heterocycles. The van der Waals surface area contributed by atoms with Gasteiger partial charge in [0.2, 0.25) is 0 Å². The largest absolute Gasteiger partial charge is 0.455 e. The fourth-order valence-electron chi connectivity index (χ4n) is 3.29. The third kappa shape index (κ3) is 1.53. The van der Waals surface area contributed by atoms with Crippen molar-refractivity contribution >= 4 is 59.4 Å². The van der Waals surface area contributed by atoms with Gasteiger partial charge in [0.25, 0.3) is 0 Å². The van der Waals surface area contributed by atoms with Gasteiger partial charge in [-0.25, -0.2) is 0 Å². The Morgan fingerprint density at radius 3 is 2.27 bits per heavy atom. The molecule has 0 atom stereocenters. The van der Waals surface area contributed by atoms with Crippen molar-refractivity contribution in [3.8, 4) is 0 Å². The van der Waals surface area contributed by atoms with Gasteiger partial charge >= 0.3 is 0 Å². The summed E-state index contributed by atoms with van der Waals surface area (Å²) in [5.74, 6) is 0. The van der Waals surface area contributed by atoms with Crippen molar-refractivity contribution in [3.63, 3.8) is 0 Å². The van der Waals surface area contributed by atoms with E-state index in [1.165, 1.54) is 26.9 Å². The zero-order valence-electron chi connectivity index (χ0n) is 11.6. The summed E-state index contributed by atoms with van der Waals surface area (Å²) in [4.78, 5) is 0. The minimum atomic E-state index is 0.921. The fourth-order valence-corrected chi connectivity index (χ4v) is 3.95. The van der Waals surface area contributed by atoms with Gasteiger partial charge < -0.3 is 4.42 Å². The molecule has 0 bridgehead atoms. The van der Waals surface area contributed by atoms with Crippen molar-refractivity contribution in [2.24, 2.45) is 0 Å². The molecule has 0 aliphatic heterocycles. The van der Waals surface area contributed by atoms with E-state index in [4.69, 9.17) is 4.42 Å². The molecule has 0 aliphatic rings. The monoisotopic (exact) mass is 346 g/mol. The summed E-state index contributed by atoms with van der Waals surface area (Å²) >= 11 is 3.73. The summed E-state index contributed by atoms with van der Waals surface area (Å²) in [7, 11) is 0. The van der Waals surface area contributed by atoms with Gasteiger partial charge in [0.15, 0.2) is 0 Å². The van der Waals surface area contributed by atoms with Gasteiger partial charge in [-0.15, -0.1) is 0 Å². The van der Waals surface area contributed by atoms with Crippen LogP contribution >= 0.6 is 15.9 Å². The van der Waals surface area contributed by atoms with Gasteiger partial charge in [-0.05, 0) is 49.6 Å². The lowest BCUT2D eigenvalue weighted by Crippen LogP contribution is -1.77. The van der Waals surface area contributed by atoms with E-state index < -0.39 is 0 Å². The van der Waals surface area contributed by atoms with E-state index in [2.05, 4.69) is 82.7 Å². The Hall–Kier alpha value is -2.32. The van der Waals surface area contributed by atoms with E-state index in [-0.39, 0.29) is 0 Å². The normalized spacial score (nSPS) is 11.9. The van der Waals surface area contributed by atoms with Gasteiger partial charge in [0.05, 0.1) is 4.47 Å². The number of benzene rings is 4. The first-order chi connectivity index (χ1) is 10.8. The maximum atomic E-state index is 6.15. The van der Waals surface area contributed by atoms with Crippen LogP contribution < -0.4 is 0 Å². The van der Waals surface area contributed by atoms with Crippen LogP contribution in [0.25, 0.3) is 43.5 Å². The van der Waals surface area contributed by atoms with Crippen LogP contribution in [0.5, 0.6) is 0 Å². The Balaban J connectivity index is 2.12. The van der Waals surface area contributed by atoms with Crippen LogP contribution in [-0.4, -0.2) is 0 Å². The standard InChI is InChI=1S/C20H11BrO/c21-19-15-8-4-2-6-13(15)11-16-18-14-7-3-1-5-12(14)9-10-17(18)22-20(16)19/h1-11H. The average Bonchev–Trinajstić information content (AvgIpc) is 2.94. The molecule has 2 heteroatoms. The lowest BCUT2D eigenvalue weighted by Gasteiger charge is -2.02. The molecule has 0 saturated carbocycles. The first kappa shape index (κ1) is 12.2. The number of furan rings is 1. The molecule has 22 heavy (non-hydrogen) atoms. The van der Waals surface area contributed by atoms with Crippen molar-refractivity contribution < 1.29 is 4.42 Å². The molecule has 0 unspecified atom stereocenters. The summed E-state index contributed by atoms with van der Waals surface area (Å²) in [5.41, 5.74) is 1.86. The maximum Gasteiger partial charge on any atom is 0.150 e. The van der Waals surface area contributed by atoms with Crippen LogP contribution in [0.3, 0.4) is 0 Å². The van der Waals surface area contributed by atoms with E-state index in [1.54, 1.807) is 0 Å². The van der Waals surface area contributed by atoms with Crippen molar-refractivity contribution in [3.05, 3.63) is 71.2 Å². The fraction of sp³-hybridized carbons (Fsp3) is 0. The molecule has 0 spiro atoms. The maximum absolute atomic E-state index is 6.15. The average molecular weight is 347 g/mol. The Labute approximate surface area is 135 Å². The second kappa shape index (κ2) is 4.34.